The van der Waals surface area contributed by atoms with Crippen molar-refractivity contribution in [3.63, 3.8) is 0 Å². The van der Waals surface area contributed by atoms with Crippen molar-refractivity contribution < 1.29 is 4.79 Å². The summed E-state index contributed by atoms with van der Waals surface area (Å²) in [5.74, 6) is -0.205. The molecule has 2 aromatic rings. The molecule has 0 bridgehead atoms. The van der Waals surface area contributed by atoms with Crippen molar-refractivity contribution in [2.24, 2.45) is 0 Å². The zero-order valence-electron chi connectivity index (χ0n) is 10.1. The van der Waals surface area contributed by atoms with Crippen molar-refractivity contribution in [2.75, 3.05) is 5.32 Å². The first kappa shape index (κ1) is 13.1. The van der Waals surface area contributed by atoms with Gasteiger partial charge in [0.05, 0.1) is 10.4 Å². The Morgan fingerprint density at radius 3 is 2.78 bits per heavy atom. The van der Waals surface area contributed by atoms with Gasteiger partial charge >= 0.3 is 0 Å². The van der Waals surface area contributed by atoms with E-state index in [1.807, 2.05) is 38.1 Å². The minimum absolute atomic E-state index is 0.154. The highest BCUT2D eigenvalue weighted by molar-refractivity contribution is 7.09. The summed E-state index contributed by atoms with van der Waals surface area (Å²) in [6.07, 6.45) is 0. The highest BCUT2D eigenvalue weighted by Gasteiger charge is 2.13. The first-order valence-corrected chi connectivity index (χ1v) is 6.86. The van der Waals surface area contributed by atoms with Gasteiger partial charge in [0, 0.05) is 11.1 Å². The maximum atomic E-state index is 12.0. The predicted octanol–water partition coefficient (Wildman–Crippen LogP) is 4.00. The minimum atomic E-state index is -0.205. The number of aromatic nitrogens is 1. The third-order valence-electron chi connectivity index (χ3n) is 2.49. The molecule has 0 spiro atoms. The van der Waals surface area contributed by atoms with E-state index in [0.29, 0.717) is 5.69 Å². The van der Waals surface area contributed by atoms with Gasteiger partial charge in [-0.1, -0.05) is 18.2 Å². The third kappa shape index (κ3) is 2.89. The number of alkyl halides is 1. The van der Waals surface area contributed by atoms with Gasteiger partial charge in [-0.05, 0) is 25.5 Å². The number of benzene rings is 1. The molecule has 3 nitrogen and oxygen atoms in total. The molecule has 94 valence electrons. The van der Waals surface area contributed by atoms with Crippen molar-refractivity contribution in [3.8, 4) is 0 Å². The van der Waals surface area contributed by atoms with Gasteiger partial charge in [-0.3, -0.25) is 4.79 Å². The van der Waals surface area contributed by atoms with Crippen LogP contribution in [0.1, 0.15) is 33.4 Å². The maximum Gasteiger partial charge on any atom is 0.275 e. The monoisotopic (exact) mass is 280 g/mol. The second-order valence-electron chi connectivity index (χ2n) is 3.91. The number of carbonyl (C=O) groups excluding carboxylic acids is 1. The SMILES string of the molecule is Cc1nc(C(=O)Nc2ccccc2C(C)Cl)cs1. The molecule has 0 aliphatic rings. The zero-order chi connectivity index (χ0) is 13.1. The number of hydrogen-bond acceptors (Lipinski definition) is 3. The van der Waals surface area contributed by atoms with E-state index in [1.165, 1.54) is 11.3 Å². The number of amides is 1. The largest absolute Gasteiger partial charge is 0.320 e. The zero-order valence-corrected chi connectivity index (χ0v) is 11.7. The van der Waals surface area contributed by atoms with Gasteiger partial charge in [0.2, 0.25) is 0 Å². The lowest BCUT2D eigenvalue weighted by Gasteiger charge is -2.11. The van der Waals surface area contributed by atoms with Crippen LogP contribution >= 0.6 is 22.9 Å². The van der Waals surface area contributed by atoms with Crippen molar-refractivity contribution in [1.29, 1.82) is 0 Å². The van der Waals surface area contributed by atoms with E-state index in [4.69, 9.17) is 11.6 Å². The molecule has 0 saturated carbocycles. The first-order valence-electron chi connectivity index (χ1n) is 5.54. The van der Waals surface area contributed by atoms with E-state index >= 15 is 0 Å². The van der Waals surface area contributed by atoms with Crippen LogP contribution in [0.5, 0.6) is 0 Å². The average Bonchev–Trinajstić information content (AvgIpc) is 2.76. The highest BCUT2D eigenvalue weighted by Crippen LogP contribution is 2.27. The molecule has 0 saturated heterocycles. The van der Waals surface area contributed by atoms with E-state index in [1.54, 1.807) is 5.38 Å². The van der Waals surface area contributed by atoms with Gasteiger partial charge in [-0.25, -0.2) is 4.98 Å². The molecule has 1 N–H and O–H groups in total. The molecule has 1 amide bonds. The summed E-state index contributed by atoms with van der Waals surface area (Å²) in [7, 11) is 0. The van der Waals surface area contributed by atoms with E-state index in [2.05, 4.69) is 10.3 Å². The molecule has 5 heteroatoms. The van der Waals surface area contributed by atoms with Crippen LogP contribution in [0.2, 0.25) is 0 Å². The topological polar surface area (TPSA) is 42.0 Å². The van der Waals surface area contributed by atoms with Crippen LogP contribution in [0.15, 0.2) is 29.6 Å². The Balaban J connectivity index is 2.22. The summed E-state index contributed by atoms with van der Waals surface area (Å²) in [6.45, 7) is 3.75. The molecule has 1 heterocycles. The molecule has 0 fully saturated rings. The van der Waals surface area contributed by atoms with Crippen LogP contribution < -0.4 is 5.32 Å². The maximum absolute atomic E-state index is 12.0. The lowest BCUT2D eigenvalue weighted by Crippen LogP contribution is -2.13. The van der Waals surface area contributed by atoms with Crippen molar-refractivity contribution >= 4 is 34.5 Å². The Labute approximate surface area is 115 Å². The molecule has 2 rings (SSSR count). The predicted molar refractivity (Wildman–Crippen MR) is 75.5 cm³/mol. The summed E-state index contributed by atoms with van der Waals surface area (Å²) in [5.41, 5.74) is 2.07. The second-order valence-corrected chi connectivity index (χ2v) is 5.63. The van der Waals surface area contributed by atoms with Crippen LogP contribution in [0.3, 0.4) is 0 Å². The van der Waals surface area contributed by atoms with Crippen LogP contribution in [0.4, 0.5) is 5.69 Å². The van der Waals surface area contributed by atoms with Crippen molar-refractivity contribution in [3.05, 3.63) is 45.9 Å². The van der Waals surface area contributed by atoms with Gasteiger partial charge < -0.3 is 5.32 Å². The Kier molecular flexibility index (Phi) is 3.99. The Morgan fingerprint density at radius 2 is 2.17 bits per heavy atom. The number of nitrogens with zero attached hydrogens (tertiary/aromatic N) is 1. The van der Waals surface area contributed by atoms with Gasteiger partial charge in [0.25, 0.3) is 5.91 Å². The van der Waals surface area contributed by atoms with Gasteiger partial charge in [-0.15, -0.1) is 22.9 Å². The number of rotatable bonds is 3. The van der Waals surface area contributed by atoms with Gasteiger partial charge in [-0.2, -0.15) is 0 Å². The van der Waals surface area contributed by atoms with Gasteiger partial charge in [0.15, 0.2) is 0 Å². The van der Waals surface area contributed by atoms with Crippen LogP contribution in [-0.4, -0.2) is 10.9 Å². The summed E-state index contributed by atoms with van der Waals surface area (Å²) in [6, 6.07) is 7.51. The number of halogens is 1. The Morgan fingerprint density at radius 1 is 1.44 bits per heavy atom. The lowest BCUT2D eigenvalue weighted by atomic mass is 10.1. The van der Waals surface area contributed by atoms with Crippen LogP contribution in [0.25, 0.3) is 0 Å². The molecule has 0 radical (unpaired) electrons. The standard InChI is InChI=1S/C13H13ClN2OS/c1-8(14)10-5-3-4-6-11(10)16-13(17)12-7-18-9(2)15-12/h3-8H,1-2H3,(H,16,17). The molecular formula is C13H13ClN2OS. The summed E-state index contributed by atoms with van der Waals surface area (Å²) in [4.78, 5) is 16.1. The molecule has 1 unspecified atom stereocenters. The smallest absolute Gasteiger partial charge is 0.275 e. The fourth-order valence-corrected chi connectivity index (χ4v) is 2.40. The van der Waals surface area contributed by atoms with E-state index in [0.717, 1.165) is 16.3 Å². The Hall–Kier alpha value is -1.39. The quantitative estimate of drug-likeness (QED) is 0.864. The lowest BCUT2D eigenvalue weighted by molar-refractivity contribution is 0.102. The summed E-state index contributed by atoms with van der Waals surface area (Å²) < 4.78 is 0. The number of nitrogens with one attached hydrogen (secondary N) is 1. The van der Waals surface area contributed by atoms with E-state index < -0.39 is 0 Å². The average molecular weight is 281 g/mol. The fourth-order valence-electron chi connectivity index (χ4n) is 1.61. The summed E-state index contributed by atoms with van der Waals surface area (Å²) >= 11 is 7.53. The number of hydrogen-bond donors (Lipinski definition) is 1. The number of aryl methyl sites for hydroxylation is 1. The van der Waals surface area contributed by atoms with Gasteiger partial charge in [0.1, 0.15) is 5.69 Å². The molecule has 1 aromatic heterocycles. The molecule has 0 aliphatic heterocycles. The highest BCUT2D eigenvalue weighted by atomic mass is 35.5. The number of anilines is 1. The molecule has 1 atom stereocenters. The van der Waals surface area contributed by atoms with Crippen molar-refractivity contribution in [2.45, 2.75) is 19.2 Å². The minimum Gasteiger partial charge on any atom is -0.320 e. The normalized spacial score (nSPS) is 12.2. The number of thiazole rings is 1. The molecule has 1 aromatic carbocycles. The number of para-hydroxylation sites is 1. The fraction of sp³-hybridized carbons (Fsp3) is 0.231. The molecular weight excluding hydrogens is 268 g/mol. The Bertz CT molecular complexity index is 566. The molecule has 0 aliphatic carbocycles. The number of carbonyl (C=O) groups is 1. The summed E-state index contributed by atoms with van der Waals surface area (Å²) in [5, 5.41) is 5.31. The molecule has 18 heavy (non-hydrogen) atoms. The van der Waals surface area contributed by atoms with E-state index in [9.17, 15) is 4.79 Å². The van der Waals surface area contributed by atoms with Crippen LogP contribution in [0, 0.1) is 6.92 Å². The second kappa shape index (κ2) is 5.50. The third-order valence-corrected chi connectivity index (χ3v) is 3.50. The van der Waals surface area contributed by atoms with Crippen molar-refractivity contribution in [1.82, 2.24) is 4.98 Å². The first-order chi connectivity index (χ1) is 8.58. The van der Waals surface area contributed by atoms with Crippen LogP contribution in [-0.2, 0) is 0 Å². The van der Waals surface area contributed by atoms with E-state index in [-0.39, 0.29) is 11.3 Å².